The highest BCUT2D eigenvalue weighted by atomic mass is 32.2. The van der Waals surface area contributed by atoms with Gasteiger partial charge in [0.05, 0.1) is 24.3 Å². The maximum Gasteiger partial charge on any atom is 0.118 e. The van der Waals surface area contributed by atoms with E-state index in [0.29, 0.717) is 27.6 Å². The minimum atomic E-state index is -1.20. The number of carbonyl (C=O) groups is 1. The van der Waals surface area contributed by atoms with Gasteiger partial charge in [-0.3, -0.25) is 0 Å². The summed E-state index contributed by atoms with van der Waals surface area (Å²) in [5.41, 5.74) is 3.39. The van der Waals surface area contributed by atoms with Gasteiger partial charge in [0.1, 0.15) is 16.8 Å². The zero-order valence-corrected chi connectivity index (χ0v) is 16.2. The summed E-state index contributed by atoms with van der Waals surface area (Å²) in [5.74, 6) is -0.494. The van der Waals surface area contributed by atoms with Crippen LogP contribution in [0.3, 0.4) is 0 Å². The van der Waals surface area contributed by atoms with E-state index in [0.717, 1.165) is 22.9 Å². The van der Waals surface area contributed by atoms with Gasteiger partial charge in [-0.2, -0.15) is 5.26 Å². The maximum atomic E-state index is 11.2. The molecule has 28 heavy (non-hydrogen) atoms. The number of rotatable bonds is 6. The van der Waals surface area contributed by atoms with Crippen molar-refractivity contribution < 1.29 is 14.6 Å². The molecule has 0 spiro atoms. The van der Waals surface area contributed by atoms with Crippen LogP contribution in [0, 0.1) is 11.3 Å². The van der Waals surface area contributed by atoms with E-state index in [4.69, 9.17) is 4.74 Å². The van der Waals surface area contributed by atoms with E-state index in [1.165, 1.54) is 6.92 Å². The lowest BCUT2D eigenvalue weighted by Gasteiger charge is -2.16. The molecule has 3 aromatic rings. The van der Waals surface area contributed by atoms with Crippen LogP contribution in [0.25, 0.3) is 22.4 Å². The van der Waals surface area contributed by atoms with Crippen molar-refractivity contribution in [1.82, 2.24) is 4.98 Å². The lowest BCUT2D eigenvalue weighted by molar-refractivity contribution is -0.304. The average molecular weight is 389 g/mol. The van der Waals surface area contributed by atoms with Crippen LogP contribution < -0.4 is 9.84 Å². The Bertz CT molecular complexity index is 1030. The van der Waals surface area contributed by atoms with Crippen molar-refractivity contribution in [3.05, 3.63) is 66.2 Å². The van der Waals surface area contributed by atoms with Gasteiger partial charge < -0.3 is 14.6 Å². The molecule has 0 aliphatic carbocycles. The highest BCUT2D eigenvalue weighted by Gasteiger charge is 2.18. The molecule has 3 rings (SSSR count). The van der Waals surface area contributed by atoms with E-state index in [1.54, 1.807) is 7.11 Å². The Balaban J connectivity index is 2.20. The van der Waals surface area contributed by atoms with Gasteiger partial charge in [-0.1, -0.05) is 54.2 Å². The number of thioether (sulfide) groups is 1. The number of methoxy groups -OCH3 is 1. The molecular formula is C22H17N2O3S-. The van der Waals surface area contributed by atoms with Gasteiger partial charge in [0, 0.05) is 16.4 Å². The van der Waals surface area contributed by atoms with Crippen molar-refractivity contribution in [2.45, 2.75) is 17.2 Å². The van der Waals surface area contributed by atoms with Crippen molar-refractivity contribution in [1.29, 1.82) is 5.26 Å². The van der Waals surface area contributed by atoms with Gasteiger partial charge in [-0.15, -0.1) is 0 Å². The molecular weight excluding hydrogens is 372 g/mol. The molecule has 0 unspecified atom stereocenters. The van der Waals surface area contributed by atoms with E-state index >= 15 is 0 Å². The number of aromatic nitrogens is 1. The average Bonchev–Trinajstić information content (AvgIpc) is 2.73. The first-order valence-electron chi connectivity index (χ1n) is 8.56. The second kappa shape index (κ2) is 8.59. The highest BCUT2D eigenvalue weighted by molar-refractivity contribution is 8.00. The summed E-state index contributed by atoms with van der Waals surface area (Å²) in [4.78, 5) is 15.8. The van der Waals surface area contributed by atoms with E-state index in [-0.39, 0.29) is 0 Å². The van der Waals surface area contributed by atoms with Gasteiger partial charge >= 0.3 is 0 Å². The molecule has 1 atom stereocenters. The number of aliphatic carboxylic acids is 1. The summed E-state index contributed by atoms with van der Waals surface area (Å²) >= 11 is 1.01. The molecule has 0 N–H and O–H groups in total. The van der Waals surface area contributed by atoms with Crippen LogP contribution in [-0.2, 0) is 4.79 Å². The molecule has 0 amide bonds. The Morgan fingerprint density at radius 1 is 1.14 bits per heavy atom. The quantitative estimate of drug-likeness (QED) is 0.600. The zero-order chi connectivity index (χ0) is 20.1. The predicted molar refractivity (Wildman–Crippen MR) is 107 cm³/mol. The third-order valence-corrected chi connectivity index (χ3v) is 5.25. The molecule has 0 saturated carbocycles. The number of ether oxygens (including phenoxy) is 1. The monoisotopic (exact) mass is 389 g/mol. The van der Waals surface area contributed by atoms with E-state index in [2.05, 4.69) is 11.1 Å². The smallest absolute Gasteiger partial charge is 0.118 e. The molecule has 5 nitrogen and oxygen atoms in total. The number of nitriles is 1. The van der Waals surface area contributed by atoms with E-state index in [1.807, 2.05) is 60.7 Å². The van der Waals surface area contributed by atoms with Crippen LogP contribution in [0.2, 0.25) is 0 Å². The topological polar surface area (TPSA) is 86.0 Å². The third kappa shape index (κ3) is 4.16. The molecule has 0 saturated heterocycles. The molecule has 0 aliphatic heterocycles. The Morgan fingerprint density at radius 3 is 2.39 bits per heavy atom. The summed E-state index contributed by atoms with van der Waals surface area (Å²) in [6.07, 6.45) is 0. The van der Waals surface area contributed by atoms with Gasteiger partial charge in [0.2, 0.25) is 0 Å². The van der Waals surface area contributed by atoms with E-state index < -0.39 is 11.2 Å². The lowest BCUT2D eigenvalue weighted by atomic mass is 9.99. The first-order chi connectivity index (χ1) is 13.5. The van der Waals surface area contributed by atoms with Gasteiger partial charge in [0.15, 0.2) is 0 Å². The Labute approximate surface area is 167 Å². The molecule has 0 radical (unpaired) electrons. The van der Waals surface area contributed by atoms with Crippen molar-refractivity contribution >= 4 is 17.7 Å². The minimum absolute atomic E-state index is 0.336. The Morgan fingerprint density at radius 2 is 1.82 bits per heavy atom. The van der Waals surface area contributed by atoms with Gasteiger partial charge in [-0.05, 0) is 30.7 Å². The number of hydrogen-bond donors (Lipinski definition) is 0. The second-order valence-electron chi connectivity index (χ2n) is 6.02. The van der Waals surface area contributed by atoms with Crippen LogP contribution in [0.1, 0.15) is 12.5 Å². The molecule has 0 bridgehead atoms. The minimum Gasteiger partial charge on any atom is -0.549 e. The first kappa shape index (κ1) is 19.5. The SMILES string of the molecule is COc1ccc(-c2cc(-c3ccccc3)nc(S[C@H](C)C(=O)[O-])c2C#N)cc1. The predicted octanol–water partition coefficient (Wildman–Crippen LogP) is 3.53. The van der Waals surface area contributed by atoms with Gasteiger partial charge in [-0.25, -0.2) is 4.98 Å². The van der Waals surface area contributed by atoms with Crippen LogP contribution >= 0.6 is 11.8 Å². The van der Waals surface area contributed by atoms with Crippen LogP contribution in [0.5, 0.6) is 5.75 Å². The number of benzene rings is 2. The number of hydrogen-bond acceptors (Lipinski definition) is 6. The fourth-order valence-corrected chi connectivity index (χ4v) is 3.54. The standard InChI is InChI=1S/C22H18N2O3S/c1-14(22(25)26)28-21-19(13-23)18(15-8-10-17(27-2)11-9-15)12-20(24-21)16-6-4-3-5-7-16/h3-12,14H,1-2H3,(H,25,26)/p-1/t14-/m1/s1. The number of carbonyl (C=O) groups excluding carboxylic acids is 1. The fraction of sp³-hybridized carbons (Fsp3) is 0.136. The molecule has 2 aromatic carbocycles. The van der Waals surface area contributed by atoms with E-state index in [9.17, 15) is 15.2 Å². The maximum absolute atomic E-state index is 11.2. The number of pyridine rings is 1. The Hall–Kier alpha value is -3.30. The lowest BCUT2D eigenvalue weighted by Crippen LogP contribution is -2.31. The normalized spacial score (nSPS) is 11.5. The highest BCUT2D eigenvalue weighted by Crippen LogP contribution is 2.36. The first-order valence-corrected chi connectivity index (χ1v) is 9.44. The summed E-state index contributed by atoms with van der Waals surface area (Å²) in [6, 6.07) is 20.9. The van der Waals surface area contributed by atoms with Crippen LogP contribution in [0.4, 0.5) is 0 Å². The zero-order valence-electron chi connectivity index (χ0n) is 15.4. The number of nitrogens with zero attached hydrogens (tertiary/aromatic N) is 2. The van der Waals surface area contributed by atoms with Crippen LogP contribution in [0.15, 0.2) is 65.7 Å². The summed E-state index contributed by atoms with van der Waals surface area (Å²) < 4.78 is 5.20. The number of carboxylic acids is 1. The Kier molecular flexibility index (Phi) is 5.97. The van der Waals surface area contributed by atoms with Crippen molar-refractivity contribution in [2.75, 3.05) is 7.11 Å². The van der Waals surface area contributed by atoms with Crippen molar-refractivity contribution in [2.24, 2.45) is 0 Å². The number of carboxylic acid groups (broad SMARTS) is 1. The second-order valence-corrected chi connectivity index (χ2v) is 7.35. The molecule has 6 heteroatoms. The summed E-state index contributed by atoms with van der Waals surface area (Å²) in [6.45, 7) is 1.52. The van der Waals surface area contributed by atoms with Crippen molar-refractivity contribution in [3.8, 4) is 34.2 Å². The molecule has 140 valence electrons. The summed E-state index contributed by atoms with van der Waals surface area (Å²) in [5, 5.41) is 20.5. The molecule has 0 fully saturated rings. The van der Waals surface area contributed by atoms with Gasteiger partial charge in [0.25, 0.3) is 0 Å². The molecule has 0 aliphatic rings. The summed E-state index contributed by atoms with van der Waals surface area (Å²) in [7, 11) is 1.59. The third-order valence-electron chi connectivity index (χ3n) is 4.19. The van der Waals surface area contributed by atoms with Crippen molar-refractivity contribution in [3.63, 3.8) is 0 Å². The largest absolute Gasteiger partial charge is 0.549 e. The molecule has 1 heterocycles. The van der Waals surface area contributed by atoms with Crippen LogP contribution in [-0.4, -0.2) is 23.3 Å². The molecule has 1 aromatic heterocycles. The fourth-order valence-electron chi connectivity index (χ4n) is 2.69.